The van der Waals surface area contributed by atoms with Crippen LogP contribution in [0.4, 0.5) is 5.82 Å². The van der Waals surface area contributed by atoms with Gasteiger partial charge in [0.05, 0.1) is 0 Å². The van der Waals surface area contributed by atoms with Crippen LogP contribution in [0.3, 0.4) is 0 Å². The molecule has 0 aliphatic carbocycles. The molecule has 2 aromatic rings. The van der Waals surface area contributed by atoms with Crippen molar-refractivity contribution in [1.82, 2.24) is 20.2 Å². The van der Waals surface area contributed by atoms with Crippen LogP contribution < -0.4 is 10.2 Å². The van der Waals surface area contributed by atoms with Gasteiger partial charge in [-0.1, -0.05) is 37.7 Å². The SMILES string of the molecule is Cc1nc(SCc2ccc(C(=O)NCC(C)C)cc2)nc(N2CCN(C)CC2)c1C. The number of carbonyl (C=O) groups excluding carboxylic acids is 1. The fraction of sp³-hybridized carbons (Fsp3) is 0.522. The summed E-state index contributed by atoms with van der Waals surface area (Å²) < 4.78 is 0. The van der Waals surface area contributed by atoms with E-state index in [1.54, 1.807) is 11.8 Å². The first-order valence-corrected chi connectivity index (χ1v) is 11.6. The van der Waals surface area contributed by atoms with Gasteiger partial charge in [0.25, 0.3) is 5.91 Å². The molecular weight excluding hydrogens is 394 g/mol. The lowest BCUT2D eigenvalue weighted by Crippen LogP contribution is -2.45. The summed E-state index contributed by atoms with van der Waals surface area (Å²) in [4.78, 5) is 26.5. The second-order valence-electron chi connectivity index (χ2n) is 8.42. The lowest BCUT2D eigenvalue weighted by molar-refractivity contribution is 0.0949. The number of nitrogens with zero attached hydrogens (tertiary/aromatic N) is 4. The molecule has 3 rings (SSSR count). The summed E-state index contributed by atoms with van der Waals surface area (Å²) in [6, 6.07) is 7.81. The van der Waals surface area contributed by atoms with Gasteiger partial charge in [0, 0.05) is 55.3 Å². The molecule has 0 bridgehead atoms. The van der Waals surface area contributed by atoms with Gasteiger partial charge >= 0.3 is 0 Å². The van der Waals surface area contributed by atoms with E-state index in [1.165, 1.54) is 5.56 Å². The Morgan fingerprint density at radius 2 is 1.77 bits per heavy atom. The van der Waals surface area contributed by atoms with Crippen LogP contribution in [-0.4, -0.2) is 60.5 Å². The Labute approximate surface area is 184 Å². The standard InChI is InChI=1S/C23H33N5OS/c1-16(2)14-24-22(29)20-8-6-19(7-9-20)15-30-23-25-18(4)17(3)21(26-23)28-12-10-27(5)11-13-28/h6-9,16H,10-15H2,1-5H3,(H,24,29). The highest BCUT2D eigenvalue weighted by atomic mass is 32.2. The maximum atomic E-state index is 12.2. The third-order valence-electron chi connectivity index (χ3n) is 5.40. The zero-order valence-electron chi connectivity index (χ0n) is 18.7. The predicted molar refractivity (Wildman–Crippen MR) is 124 cm³/mol. The van der Waals surface area contributed by atoms with E-state index in [1.807, 2.05) is 24.3 Å². The quantitative estimate of drug-likeness (QED) is 0.539. The molecule has 0 radical (unpaired) electrons. The van der Waals surface area contributed by atoms with E-state index < -0.39 is 0 Å². The molecule has 2 heterocycles. The first kappa shape index (κ1) is 22.6. The Morgan fingerprint density at radius 3 is 2.40 bits per heavy atom. The fourth-order valence-corrected chi connectivity index (χ4v) is 4.12. The normalized spacial score (nSPS) is 14.9. The van der Waals surface area contributed by atoms with Crippen molar-refractivity contribution in [2.75, 3.05) is 44.7 Å². The lowest BCUT2D eigenvalue weighted by atomic mass is 10.1. The Kier molecular flexibility index (Phi) is 7.72. The fourth-order valence-electron chi connectivity index (χ4n) is 3.28. The molecule has 162 valence electrons. The maximum Gasteiger partial charge on any atom is 0.251 e. The van der Waals surface area contributed by atoms with Gasteiger partial charge in [0.15, 0.2) is 5.16 Å². The second-order valence-corrected chi connectivity index (χ2v) is 9.36. The first-order chi connectivity index (χ1) is 14.3. The van der Waals surface area contributed by atoms with Crippen LogP contribution in [-0.2, 0) is 5.75 Å². The van der Waals surface area contributed by atoms with Gasteiger partial charge in [-0.3, -0.25) is 4.79 Å². The molecule has 1 amide bonds. The van der Waals surface area contributed by atoms with Crippen LogP contribution in [0.1, 0.15) is 41.0 Å². The molecule has 1 saturated heterocycles. The topological polar surface area (TPSA) is 61.4 Å². The average Bonchev–Trinajstić information content (AvgIpc) is 2.73. The summed E-state index contributed by atoms with van der Waals surface area (Å²) in [5.74, 6) is 2.27. The Balaban J connectivity index is 1.63. The van der Waals surface area contributed by atoms with E-state index in [2.05, 4.69) is 49.9 Å². The van der Waals surface area contributed by atoms with Gasteiger partial charge in [-0.2, -0.15) is 0 Å². The van der Waals surface area contributed by atoms with E-state index >= 15 is 0 Å². The molecule has 1 aliphatic rings. The van der Waals surface area contributed by atoms with Gasteiger partial charge in [0.2, 0.25) is 0 Å². The average molecular weight is 428 g/mol. The number of rotatable bonds is 7. The number of benzene rings is 1. The molecule has 1 aromatic heterocycles. The van der Waals surface area contributed by atoms with Gasteiger partial charge in [0.1, 0.15) is 5.82 Å². The Hall–Kier alpha value is -2.12. The van der Waals surface area contributed by atoms with E-state index in [0.717, 1.165) is 54.2 Å². The summed E-state index contributed by atoms with van der Waals surface area (Å²) in [5.41, 5.74) is 4.06. The van der Waals surface area contributed by atoms with Gasteiger partial charge in [-0.25, -0.2) is 9.97 Å². The first-order valence-electron chi connectivity index (χ1n) is 10.6. The molecule has 0 spiro atoms. The monoisotopic (exact) mass is 427 g/mol. The van der Waals surface area contributed by atoms with Crippen molar-refractivity contribution in [2.24, 2.45) is 5.92 Å². The molecule has 0 unspecified atom stereocenters. The number of amides is 1. The zero-order chi connectivity index (χ0) is 21.7. The number of anilines is 1. The van der Waals surface area contributed by atoms with Crippen molar-refractivity contribution >= 4 is 23.5 Å². The summed E-state index contributed by atoms with van der Waals surface area (Å²) in [6.07, 6.45) is 0. The minimum absolute atomic E-state index is 0.0165. The number of hydrogen-bond acceptors (Lipinski definition) is 6. The highest BCUT2D eigenvalue weighted by Crippen LogP contribution is 2.26. The molecule has 0 saturated carbocycles. The lowest BCUT2D eigenvalue weighted by Gasteiger charge is -2.34. The van der Waals surface area contributed by atoms with Crippen molar-refractivity contribution in [3.63, 3.8) is 0 Å². The van der Waals surface area contributed by atoms with E-state index in [9.17, 15) is 4.79 Å². The van der Waals surface area contributed by atoms with Gasteiger partial charge in [-0.05, 0) is 44.5 Å². The smallest absolute Gasteiger partial charge is 0.251 e. The molecule has 1 N–H and O–H groups in total. The van der Waals surface area contributed by atoms with Gasteiger partial charge in [-0.15, -0.1) is 0 Å². The minimum atomic E-state index is -0.0165. The predicted octanol–water partition coefficient (Wildman–Crippen LogP) is 3.52. The largest absolute Gasteiger partial charge is 0.354 e. The molecule has 1 aliphatic heterocycles. The van der Waals surface area contributed by atoms with E-state index in [-0.39, 0.29) is 5.91 Å². The maximum absolute atomic E-state index is 12.2. The number of thioether (sulfide) groups is 1. The van der Waals surface area contributed by atoms with E-state index in [4.69, 9.17) is 9.97 Å². The molecule has 1 fully saturated rings. The van der Waals surface area contributed by atoms with Crippen molar-refractivity contribution in [3.8, 4) is 0 Å². The van der Waals surface area contributed by atoms with Crippen LogP contribution in [0.15, 0.2) is 29.4 Å². The van der Waals surface area contributed by atoms with Crippen LogP contribution in [0.2, 0.25) is 0 Å². The molecule has 6 nitrogen and oxygen atoms in total. The van der Waals surface area contributed by atoms with Crippen molar-refractivity contribution in [2.45, 2.75) is 38.6 Å². The number of piperazine rings is 1. The summed E-state index contributed by atoms with van der Waals surface area (Å²) in [7, 11) is 2.16. The van der Waals surface area contributed by atoms with Crippen LogP contribution in [0.5, 0.6) is 0 Å². The number of aryl methyl sites for hydroxylation is 1. The van der Waals surface area contributed by atoms with E-state index in [0.29, 0.717) is 18.0 Å². The Morgan fingerprint density at radius 1 is 1.10 bits per heavy atom. The number of likely N-dealkylation sites (N-methyl/N-ethyl adjacent to an activating group) is 1. The summed E-state index contributed by atoms with van der Waals surface area (Å²) in [5, 5.41) is 3.77. The van der Waals surface area contributed by atoms with Crippen molar-refractivity contribution < 1.29 is 4.79 Å². The summed E-state index contributed by atoms with van der Waals surface area (Å²) in [6.45, 7) is 13.2. The summed E-state index contributed by atoms with van der Waals surface area (Å²) >= 11 is 1.64. The minimum Gasteiger partial charge on any atom is -0.354 e. The van der Waals surface area contributed by atoms with Crippen molar-refractivity contribution in [3.05, 3.63) is 46.6 Å². The van der Waals surface area contributed by atoms with Gasteiger partial charge < -0.3 is 15.1 Å². The van der Waals surface area contributed by atoms with Crippen LogP contribution in [0, 0.1) is 19.8 Å². The molecule has 0 atom stereocenters. The number of nitrogens with one attached hydrogen (secondary N) is 1. The molecule has 30 heavy (non-hydrogen) atoms. The number of carbonyl (C=O) groups is 1. The Bertz CT molecular complexity index is 861. The van der Waals surface area contributed by atoms with Crippen LogP contribution in [0.25, 0.3) is 0 Å². The molecule has 7 heteroatoms. The number of hydrogen-bond donors (Lipinski definition) is 1. The van der Waals surface area contributed by atoms with Crippen molar-refractivity contribution in [1.29, 1.82) is 0 Å². The molecule has 1 aromatic carbocycles. The zero-order valence-corrected chi connectivity index (χ0v) is 19.6. The third-order valence-corrected chi connectivity index (χ3v) is 6.32. The second kappa shape index (κ2) is 10.3. The highest BCUT2D eigenvalue weighted by Gasteiger charge is 2.19. The highest BCUT2D eigenvalue weighted by molar-refractivity contribution is 7.98. The van der Waals surface area contributed by atoms with Crippen LogP contribution >= 0.6 is 11.8 Å². The number of aromatic nitrogens is 2. The third kappa shape index (κ3) is 5.95. The molecular formula is C23H33N5OS.